The maximum Gasteiger partial charge on any atom is 0.353 e. The minimum Gasteiger partial charge on any atom is -0.457 e. The molecule has 9 heteroatoms. The number of anilines is 3. The average molecular weight is 463 g/mol. The molecule has 9 nitrogen and oxygen atoms in total. The molecule has 34 heavy (non-hydrogen) atoms. The van der Waals surface area contributed by atoms with Gasteiger partial charge in [-0.1, -0.05) is 18.2 Å². The molecule has 3 N–H and O–H groups in total. The van der Waals surface area contributed by atoms with Crippen LogP contribution in [0.2, 0.25) is 0 Å². The lowest BCUT2D eigenvalue weighted by Gasteiger charge is -2.46. The van der Waals surface area contributed by atoms with Crippen molar-refractivity contribution in [1.29, 1.82) is 0 Å². The number of piperidine rings is 1. The monoisotopic (exact) mass is 462 g/mol. The molecule has 0 saturated carbocycles. The van der Waals surface area contributed by atoms with E-state index in [-0.39, 0.29) is 34.4 Å². The van der Waals surface area contributed by atoms with Gasteiger partial charge in [-0.3, -0.25) is 10.1 Å². The van der Waals surface area contributed by atoms with Gasteiger partial charge in [0.05, 0.1) is 4.92 Å². The van der Waals surface area contributed by atoms with Crippen molar-refractivity contribution in [3.63, 3.8) is 0 Å². The fourth-order valence-corrected chi connectivity index (χ4v) is 4.73. The van der Waals surface area contributed by atoms with Crippen LogP contribution < -0.4 is 20.7 Å². The van der Waals surface area contributed by atoms with Gasteiger partial charge in [-0.25, -0.2) is 9.97 Å². The number of para-hydroxylation sites is 1. The van der Waals surface area contributed by atoms with Gasteiger partial charge < -0.3 is 20.7 Å². The zero-order chi connectivity index (χ0) is 24.3. The second-order valence-electron chi connectivity index (χ2n) is 9.88. The number of benzene rings is 2. The SMILES string of the molecule is CC1(C)CC(Nc2ncnc(Nc3ccc(Oc4ccccc4)cc3)c2[N+](=O)[O-])CC(C)(C)N1. The summed E-state index contributed by atoms with van der Waals surface area (Å²) in [6.45, 7) is 8.54. The third-order valence-corrected chi connectivity index (χ3v) is 5.63. The minimum atomic E-state index is -0.449. The van der Waals surface area contributed by atoms with E-state index >= 15 is 0 Å². The summed E-state index contributed by atoms with van der Waals surface area (Å²) >= 11 is 0. The van der Waals surface area contributed by atoms with Crippen LogP contribution in [-0.4, -0.2) is 32.0 Å². The molecule has 178 valence electrons. The Labute approximate surface area is 199 Å². The molecule has 0 amide bonds. The van der Waals surface area contributed by atoms with Crippen molar-refractivity contribution in [2.24, 2.45) is 0 Å². The molecule has 0 unspecified atom stereocenters. The number of ether oxygens (including phenoxy) is 1. The van der Waals surface area contributed by atoms with Crippen LogP contribution in [-0.2, 0) is 0 Å². The Morgan fingerprint density at radius 1 is 0.941 bits per heavy atom. The first kappa shape index (κ1) is 23.4. The van der Waals surface area contributed by atoms with E-state index in [4.69, 9.17) is 4.74 Å². The second kappa shape index (κ2) is 9.26. The Morgan fingerprint density at radius 2 is 1.53 bits per heavy atom. The first-order valence-electron chi connectivity index (χ1n) is 11.3. The summed E-state index contributed by atoms with van der Waals surface area (Å²) < 4.78 is 5.81. The number of aromatic nitrogens is 2. The van der Waals surface area contributed by atoms with Crippen molar-refractivity contribution in [3.05, 3.63) is 71.0 Å². The van der Waals surface area contributed by atoms with E-state index in [1.54, 1.807) is 24.3 Å². The molecule has 1 fully saturated rings. The predicted octanol–water partition coefficient (Wildman–Crippen LogP) is 5.64. The highest BCUT2D eigenvalue weighted by Crippen LogP contribution is 2.35. The summed E-state index contributed by atoms with van der Waals surface area (Å²) in [6, 6.07) is 16.6. The Morgan fingerprint density at radius 3 is 2.15 bits per heavy atom. The maximum absolute atomic E-state index is 12.0. The molecule has 0 radical (unpaired) electrons. The van der Waals surface area contributed by atoms with Crippen LogP contribution in [0.15, 0.2) is 60.9 Å². The normalized spacial score (nSPS) is 17.1. The topological polar surface area (TPSA) is 114 Å². The number of hydrogen-bond acceptors (Lipinski definition) is 8. The number of nitrogens with zero attached hydrogens (tertiary/aromatic N) is 3. The highest BCUT2D eigenvalue weighted by molar-refractivity contribution is 5.74. The third kappa shape index (κ3) is 5.79. The van der Waals surface area contributed by atoms with Gasteiger partial charge >= 0.3 is 5.69 Å². The Balaban J connectivity index is 1.53. The van der Waals surface area contributed by atoms with Gasteiger partial charge in [0.2, 0.25) is 11.6 Å². The molecule has 1 aliphatic heterocycles. The molecule has 0 spiro atoms. The van der Waals surface area contributed by atoms with E-state index in [2.05, 4.69) is 53.6 Å². The molecule has 2 aromatic carbocycles. The second-order valence-corrected chi connectivity index (χ2v) is 9.88. The van der Waals surface area contributed by atoms with Crippen LogP contribution >= 0.6 is 0 Å². The van der Waals surface area contributed by atoms with Gasteiger partial charge in [0.1, 0.15) is 17.8 Å². The maximum atomic E-state index is 12.0. The van der Waals surface area contributed by atoms with Crippen LogP contribution in [0.25, 0.3) is 0 Å². The van der Waals surface area contributed by atoms with Gasteiger partial charge in [0.25, 0.3) is 0 Å². The highest BCUT2D eigenvalue weighted by atomic mass is 16.6. The molecule has 0 bridgehead atoms. The highest BCUT2D eigenvalue weighted by Gasteiger charge is 2.38. The smallest absolute Gasteiger partial charge is 0.353 e. The lowest BCUT2D eigenvalue weighted by atomic mass is 9.79. The summed E-state index contributed by atoms with van der Waals surface area (Å²) in [6.07, 6.45) is 2.95. The van der Waals surface area contributed by atoms with Gasteiger partial charge in [-0.15, -0.1) is 0 Å². The molecule has 4 rings (SSSR count). The van der Waals surface area contributed by atoms with E-state index in [0.29, 0.717) is 11.4 Å². The Kier molecular flexibility index (Phi) is 6.39. The van der Waals surface area contributed by atoms with Crippen molar-refractivity contribution < 1.29 is 9.66 Å². The average Bonchev–Trinajstić information content (AvgIpc) is 2.73. The molecule has 2 heterocycles. The van der Waals surface area contributed by atoms with Crippen LogP contribution in [0.5, 0.6) is 11.5 Å². The van der Waals surface area contributed by atoms with Crippen molar-refractivity contribution in [2.45, 2.75) is 57.7 Å². The fourth-order valence-electron chi connectivity index (χ4n) is 4.73. The summed E-state index contributed by atoms with van der Waals surface area (Å²) in [5.41, 5.74) is 0.260. The fraction of sp³-hybridized carbons (Fsp3) is 0.360. The first-order valence-corrected chi connectivity index (χ1v) is 11.3. The lowest BCUT2D eigenvalue weighted by Crippen LogP contribution is -2.60. The standard InChI is InChI=1S/C25H30N6O3/c1-24(2)14-18(15-25(3,4)30-24)29-23-21(31(32)33)22(26-16-27-23)28-17-10-12-20(13-11-17)34-19-8-6-5-7-9-19/h5-13,16,18,30H,14-15H2,1-4H3,(H2,26,27,28,29). The van der Waals surface area contributed by atoms with Crippen LogP contribution in [0.1, 0.15) is 40.5 Å². The largest absolute Gasteiger partial charge is 0.457 e. The van der Waals surface area contributed by atoms with E-state index in [1.165, 1.54) is 6.33 Å². The van der Waals surface area contributed by atoms with Crippen molar-refractivity contribution in [1.82, 2.24) is 15.3 Å². The number of hydrogen-bond donors (Lipinski definition) is 3. The molecule has 1 aliphatic rings. The molecule has 0 aliphatic carbocycles. The molecule has 3 aromatic rings. The first-order chi connectivity index (χ1) is 16.1. The quantitative estimate of drug-likeness (QED) is 0.305. The van der Waals surface area contributed by atoms with Gasteiger partial charge in [0, 0.05) is 22.8 Å². The van der Waals surface area contributed by atoms with E-state index in [1.807, 2.05) is 30.3 Å². The molecular formula is C25H30N6O3. The van der Waals surface area contributed by atoms with Crippen LogP contribution in [0, 0.1) is 10.1 Å². The Bertz CT molecular complexity index is 1130. The lowest BCUT2D eigenvalue weighted by molar-refractivity contribution is -0.383. The number of nitrogens with one attached hydrogen (secondary N) is 3. The molecule has 0 atom stereocenters. The number of nitro groups is 1. The van der Waals surface area contributed by atoms with Gasteiger partial charge in [-0.05, 0) is 76.9 Å². The minimum absolute atomic E-state index is 0.0297. The summed E-state index contributed by atoms with van der Waals surface area (Å²) in [5.74, 6) is 1.73. The zero-order valence-corrected chi connectivity index (χ0v) is 19.8. The third-order valence-electron chi connectivity index (χ3n) is 5.63. The predicted molar refractivity (Wildman–Crippen MR) is 133 cm³/mol. The van der Waals surface area contributed by atoms with Gasteiger partial charge in [0.15, 0.2) is 0 Å². The summed E-state index contributed by atoms with van der Waals surface area (Å²) in [5, 5.41) is 22.0. The summed E-state index contributed by atoms with van der Waals surface area (Å²) in [7, 11) is 0. The molecule has 1 saturated heterocycles. The Hall–Kier alpha value is -3.72. The van der Waals surface area contributed by atoms with Crippen molar-refractivity contribution in [3.8, 4) is 11.5 Å². The molecule has 1 aromatic heterocycles. The van der Waals surface area contributed by atoms with E-state index < -0.39 is 4.92 Å². The van der Waals surface area contributed by atoms with E-state index in [0.717, 1.165) is 18.6 Å². The van der Waals surface area contributed by atoms with Crippen LogP contribution in [0.3, 0.4) is 0 Å². The van der Waals surface area contributed by atoms with Gasteiger partial charge in [-0.2, -0.15) is 0 Å². The zero-order valence-electron chi connectivity index (χ0n) is 19.8. The van der Waals surface area contributed by atoms with E-state index in [9.17, 15) is 10.1 Å². The van der Waals surface area contributed by atoms with Crippen molar-refractivity contribution in [2.75, 3.05) is 10.6 Å². The number of rotatable bonds is 7. The summed E-state index contributed by atoms with van der Waals surface area (Å²) in [4.78, 5) is 19.9. The van der Waals surface area contributed by atoms with Crippen LogP contribution in [0.4, 0.5) is 23.0 Å². The van der Waals surface area contributed by atoms with Crippen molar-refractivity contribution >= 4 is 23.0 Å². The molecular weight excluding hydrogens is 432 g/mol.